The highest BCUT2D eigenvalue weighted by atomic mass is 16.5. The Bertz CT molecular complexity index is 1170. The van der Waals surface area contributed by atoms with Gasteiger partial charge in [0.05, 0.1) is 42.2 Å². The van der Waals surface area contributed by atoms with Crippen molar-refractivity contribution in [3.05, 3.63) is 42.1 Å². The van der Waals surface area contributed by atoms with E-state index >= 15 is 0 Å². The Morgan fingerprint density at radius 1 is 1.12 bits per heavy atom. The van der Waals surface area contributed by atoms with Crippen LogP contribution < -0.4 is 4.90 Å². The number of imide groups is 1. The van der Waals surface area contributed by atoms with Crippen molar-refractivity contribution in [3.63, 3.8) is 0 Å². The van der Waals surface area contributed by atoms with Crippen LogP contribution in [0.5, 0.6) is 0 Å². The minimum atomic E-state index is -0.731. The molecule has 0 unspecified atom stereocenters. The number of ketones is 1. The quantitative estimate of drug-likeness (QED) is 0.690. The van der Waals surface area contributed by atoms with Crippen molar-refractivity contribution >= 4 is 40.3 Å². The van der Waals surface area contributed by atoms with E-state index in [1.165, 1.54) is 4.90 Å². The third-order valence-electron chi connectivity index (χ3n) is 6.86. The van der Waals surface area contributed by atoms with Gasteiger partial charge in [-0.1, -0.05) is 51.1 Å². The first-order valence-corrected chi connectivity index (χ1v) is 11.0. The summed E-state index contributed by atoms with van der Waals surface area (Å²) < 4.78 is 5.11. The summed E-state index contributed by atoms with van der Waals surface area (Å²) in [6, 6.07) is 6.77. The molecule has 4 atom stereocenters. The Hall–Kier alpha value is -3.06. The number of hydrogen-bond donors (Lipinski definition) is 0. The average Bonchev–Trinajstić information content (AvgIpc) is 3.23. The molecule has 0 spiro atoms. The summed E-state index contributed by atoms with van der Waals surface area (Å²) in [6.45, 7) is 6.07. The van der Waals surface area contributed by atoms with Gasteiger partial charge in [-0.25, -0.2) is 0 Å². The standard InChI is InChI=1S/C25H27N3O4/c1-25(2,3)22(29)21-18-17(23(30)27(24(18)31)12-13-32-4)16-10-9-15-8-7-14-6-5-11-26-19(14)20(15)28(16)21/h5-11,16-18,21H,12-13H2,1-4H3/t16-,17-,18-,21+/m0/s1. The van der Waals surface area contributed by atoms with E-state index in [9.17, 15) is 14.4 Å². The van der Waals surface area contributed by atoms with Crippen molar-refractivity contribution in [3.8, 4) is 0 Å². The van der Waals surface area contributed by atoms with E-state index in [4.69, 9.17) is 4.74 Å². The molecule has 0 bridgehead atoms. The van der Waals surface area contributed by atoms with Crippen LogP contribution in [0.1, 0.15) is 26.3 Å². The number of Topliss-reactive ketones (excluding diaryl/α,β-unsaturated/α-hetero) is 1. The molecule has 7 nitrogen and oxygen atoms in total. The molecule has 0 saturated carbocycles. The Morgan fingerprint density at radius 2 is 1.88 bits per heavy atom. The van der Waals surface area contributed by atoms with Crippen LogP contribution in [0.15, 0.2) is 36.5 Å². The molecule has 1 aromatic carbocycles. The molecule has 2 aromatic rings. The molecule has 2 fully saturated rings. The molecule has 0 radical (unpaired) electrons. The van der Waals surface area contributed by atoms with E-state index in [-0.39, 0.29) is 36.8 Å². The molecular formula is C25H27N3O4. The summed E-state index contributed by atoms with van der Waals surface area (Å²) in [6.07, 6.45) is 5.69. The first kappa shape index (κ1) is 20.8. The second kappa shape index (κ2) is 7.24. The van der Waals surface area contributed by atoms with Crippen LogP contribution in [0.25, 0.3) is 17.0 Å². The van der Waals surface area contributed by atoms with Crippen molar-refractivity contribution in [2.24, 2.45) is 17.3 Å². The molecular weight excluding hydrogens is 406 g/mol. The Morgan fingerprint density at radius 3 is 2.59 bits per heavy atom. The number of carbonyl (C=O) groups is 3. The van der Waals surface area contributed by atoms with Gasteiger partial charge in [0.25, 0.3) is 0 Å². The Labute approximate surface area is 187 Å². The van der Waals surface area contributed by atoms with Crippen molar-refractivity contribution in [1.82, 2.24) is 9.88 Å². The molecule has 0 N–H and O–H groups in total. The number of benzene rings is 1. The van der Waals surface area contributed by atoms with Crippen LogP contribution in [-0.4, -0.2) is 59.8 Å². The number of ether oxygens (including phenoxy) is 1. The van der Waals surface area contributed by atoms with E-state index in [0.29, 0.717) is 0 Å². The average molecular weight is 434 g/mol. The zero-order valence-electron chi connectivity index (χ0n) is 18.7. The van der Waals surface area contributed by atoms with Gasteiger partial charge in [-0.15, -0.1) is 0 Å². The molecule has 2 amide bonds. The normalized spacial score (nSPS) is 26.5. The number of pyridine rings is 1. The van der Waals surface area contributed by atoms with Crippen molar-refractivity contribution < 1.29 is 19.1 Å². The fourth-order valence-electron chi connectivity index (χ4n) is 5.39. The highest BCUT2D eigenvalue weighted by molar-refractivity contribution is 6.13. The van der Waals surface area contributed by atoms with Gasteiger partial charge in [0.2, 0.25) is 11.8 Å². The smallest absolute Gasteiger partial charge is 0.235 e. The summed E-state index contributed by atoms with van der Waals surface area (Å²) in [5.41, 5.74) is 1.88. The number of anilines is 1. The molecule has 32 heavy (non-hydrogen) atoms. The highest BCUT2D eigenvalue weighted by Crippen LogP contribution is 2.51. The number of likely N-dealkylation sites (tertiary alicyclic amines) is 1. The lowest BCUT2D eigenvalue weighted by molar-refractivity contribution is -0.142. The monoisotopic (exact) mass is 433 g/mol. The second-order valence-corrected chi connectivity index (χ2v) is 9.77. The van der Waals surface area contributed by atoms with Crippen LogP contribution in [0.4, 0.5) is 5.69 Å². The minimum Gasteiger partial charge on any atom is -0.383 e. The fraction of sp³-hybridized carbons (Fsp3) is 0.440. The van der Waals surface area contributed by atoms with Gasteiger partial charge in [-0.05, 0) is 11.6 Å². The minimum absolute atomic E-state index is 0.0427. The lowest BCUT2D eigenvalue weighted by Gasteiger charge is -2.39. The molecule has 5 rings (SSSR count). The number of hydrogen-bond acceptors (Lipinski definition) is 6. The Balaban J connectivity index is 1.70. The van der Waals surface area contributed by atoms with Crippen LogP contribution in [0.2, 0.25) is 0 Å². The first-order chi connectivity index (χ1) is 15.3. The topological polar surface area (TPSA) is 79.8 Å². The van der Waals surface area contributed by atoms with Crippen LogP contribution in [-0.2, 0) is 19.1 Å². The zero-order chi connectivity index (χ0) is 22.8. The lowest BCUT2D eigenvalue weighted by Crippen LogP contribution is -2.51. The third-order valence-corrected chi connectivity index (χ3v) is 6.86. The van der Waals surface area contributed by atoms with E-state index in [0.717, 1.165) is 22.2 Å². The van der Waals surface area contributed by atoms with E-state index in [1.54, 1.807) is 13.3 Å². The molecule has 0 aliphatic carbocycles. The van der Waals surface area contributed by atoms with Gasteiger partial charge in [0.1, 0.15) is 6.04 Å². The summed E-state index contributed by atoms with van der Waals surface area (Å²) in [5.74, 6) is -1.86. The molecule has 3 aliphatic heterocycles. The number of methoxy groups -OCH3 is 1. The summed E-state index contributed by atoms with van der Waals surface area (Å²) in [5, 5.41) is 0.957. The van der Waals surface area contributed by atoms with Gasteiger partial charge >= 0.3 is 0 Å². The predicted octanol–water partition coefficient (Wildman–Crippen LogP) is 2.68. The van der Waals surface area contributed by atoms with Crippen LogP contribution in [0, 0.1) is 17.3 Å². The second-order valence-electron chi connectivity index (χ2n) is 9.77. The Kier molecular flexibility index (Phi) is 4.71. The summed E-state index contributed by atoms with van der Waals surface area (Å²) in [7, 11) is 1.54. The third kappa shape index (κ3) is 2.84. The fourth-order valence-corrected chi connectivity index (χ4v) is 5.39. The maximum atomic E-state index is 13.8. The SMILES string of the molecule is COCCN1C(=O)[C@@H]2[C@H](C1=O)[C@H](C(=O)C(C)(C)C)N1c3c(ccc4cccnc34)C=C[C@@H]21. The number of carbonyl (C=O) groups excluding carboxylic acids is 3. The van der Waals surface area contributed by atoms with Crippen molar-refractivity contribution in [1.29, 1.82) is 0 Å². The lowest BCUT2D eigenvalue weighted by atomic mass is 9.79. The van der Waals surface area contributed by atoms with Gasteiger partial charge in [-0.2, -0.15) is 0 Å². The molecule has 3 aliphatic rings. The van der Waals surface area contributed by atoms with Crippen molar-refractivity contribution in [2.45, 2.75) is 32.9 Å². The number of amides is 2. The number of aromatic nitrogens is 1. The van der Waals surface area contributed by atoms with Crippen LogP contribution in [0.3, 0.4) is 0 Å². The molecule has 166 valence electrons. The van der Waals surface area contributed by atoms with Crippen molar-refractivity contribution in [2.75, 3.05) is 25.2 Å². The van der Waals surface area contributed by atoms with Gasteiger partial charge < -0.3 is 9.64 Å². The number of fused-ring (bicyclic) bond motifs is 7. The van der Waals surface area contributed by atoms with E-state index in [1.807, 2.05) is 62.1 Å². The van der Waals surface area contributed by atoms with Crippen LogP contribution >= 0.6 is 0 Å². The van der Waals surface area contributed by atoms with Gasteiger partial charge in [-0.3, -0.25) is 24.3 Å². The summed E-state index contributed by atoms with van der Waals surface area (Å²) >= 11 is 0. The van der Waals surface area contributed by atoms with E-state index in [2.05, 4.69) is 4.98 Å². The van der Waals surface area contributed by atoms with Gasteiger partial charge in [0, 0.05) is 24.1 Å². The largest absolute Gasteiger partial charge is 0.383 e. The number of rotatable bonds is 4. The summed E-state index contributed by atoms with van der Waals surface area (Å²) in [4.78, 5) is 48.6. The zero-order valence-corrected chi connectivity index (χ0v) is 18.7. The number of nitrogens with zero attached hydrogens (tertiary/aromatic N) is 3. The predicted molar refractivity (Wildman–Crippen MR) is 121 cm³/mol. The highest BCUT2D eigenvalue weighted by Gasteiger charge is 2.64. The molecule has 7 heteroatoms. The first-order valence-electron chi connectivity index (χ1n) is 11.0. The van der Waals surface area contributed by atoms with Gasteiger partial charge in [0.15, 0.2) is 5.78 Å². The molecule has 2 saturated heterocycles. The maximum Gasteiger partial charge on any atom is 0.235 e. The molecule has 4 heterocycles. The maximum absolute atomic E-state index is 13.8. The molecule has 1 aromatic heterocycles. The van der Waals surface area contributed by atoms with E-state index < -0.39 is 23.3 Å².